The normalized spacial score (nSPS) is 17.4. The molecule has 0 aromatic heterocycles. The molecule has 7 heteroatoms. The van der Waals surface area contributed by atoms with Gasteiger partial charge in [-0.1, -0.05) is 0 Å². The highest BCUT2D eigenvalue weighted by Crippen LogP contribution is 2.15. The second-order valence-electron chi connectivity index (χ2n) is 4.93. The van der Waals surface area contributed by atoms with Crippen molar-refractivity contribution in [2.24, 2.45) is 0 Å². The van der Waals surface area contributed by atoms with Gasteiger partial charge in [0, 0.05) is 19.3 Å². The lowest BCUT2D eigenvalue weighted by molar-refractivity contribution is -0.137. The molecule has 0 atom stereocenters. The Bertz CT molecular complexity index is 433. The number of hydrogen-bond acceptors (Lipinski definition) is 5. The Balaban J connectivity index is 2.61. The lowest BCUT2D eigenvalue weighted by atomic mass is 10.0. The van der Waals surface area contributed by atoms with Crippen LogP contribution in [0.5, 0.6) is 0 Å². The Morgan fingerprint density at radius 1 is 1.50 bits per heavy atom. The molecule has 1 heterocycles. The van der Waals surface area contributed by atoms with Crippen molar-refractivity contribution in [3.05, 3.63) is 11.8 Å². The SMILES string of the molecule is CN1CCC(N(C)/C=C(/C#N)C(=O)NCC(=O)O)CC1. The van der Waals surface area contributed by atoms with Crippen molar-refractivity contribution < 1.29 is 14.7 Å². The molecule has 7 nitrogen and oxygen atoms in total. The van der Waals surface area contributed by atoms with Crippen LogP contribution in [0.3, 0.4) is 0 Å². The summed E-state index contributed by atoms with van der Waals surface area (Å²) in [5, 5.41) is 19.7. The van der Waals surface area contributed by atoms with E-state index in [-0.39, 0.29) is 5.57 Å². The third-order valence-corrected chi connectivity index (χ3v) is 3.36. The average molecular weight is 280 g/mol. The number of likely N-dealkylation sites (tertiary alicyclic amines) is 1. The molecule has 1 saturated heterocycles. The number of nitrogens with one attached hydrogen (secondary N) is 1. The molecule has 0 saturated carbocycles. The smallest absolute Gasteiger partial charge is 0.322 e. The van der Waals surface area contributed by atoms with Crippen molar-refractivity contribution in [2.45, 2.75) is 18.9 Å². The molecule has 2 N–H and O–H groups in total. The highest BCUT2D eigenvalue weighted by atomic mass is 16.4. The molecule has 0 aromatic carbocycles. The van der Waals surface area contributed by atoms with E-state index in [2.05, 4.69) is 17.3 Å². The van der Waals surface area contributed by atoms with Gasteiger partial charge in [-0.05, 0) is 33.0 Å². The topological polar surface area (TPSA) is 96.7 Å². The second-order valence-corrected chi connectivity index (χ2v) is 4.93. The third kappa shape index (κ3) is 4.90. The summed E-state index contributed by atoms with van der Waals surface area (Å²) in [4.78, 5) is 26.1. The van der Waals surface area contributed by atoms with E-state index in [0.29, 0.717) is 6.04 Å². The Kier molecular flexibility index (Phi) is 6.00. The molecule has 1 aliphatic heterocycles. The van der Waals surface area contributed by atoms with Crippen molar-refractivity contribution in [2.75, 3.05) is 33.7 Å². The molecule has 0 radical (unpaired) electrons. The number of nitrogens with zero attached hydrogens (tertiary/aromatic N) is 3. The van der Waals surface area contributed by atoms with Crippen molar-refractivity contribution in [3.63, 3.8) is 0 Å². The summed E-state index contributed by atoms with van der Waals surface area (Å²) < 4.78 is 0. The van der Waals surface area contributed by atoms with Crippen molar-refractivity contribution in [3.8, 4) is 6.07 Å². The fourth-order valence-electron chi connectivity index (χ4n) is 2.10. The van der Waals surface area contributed by atoms with Gasteiger partial charge in [-0.25, -0.2) is 0 Å². The van der Waals surface area contributed by atoms with E-state index >= 15 is 0 Å². The number of hydrogen-bond donors (Lipinski definition) is 2. The van der Waals surface area contributed by atoms with Crippen LogP contribution in [0.25, 0.3) is 0 Å². The first kappa shape index (κ1) is 16.0. The number of carbonyl (C=O) groups is 2. The quantitative estimate of drug-likeness (QED) is 0.526. The van der Waals surface area contributed by atoms with E-state index in [9.17, 15) is 9.59 Å². The van der Waals surface area contributed by atoms with Crippen molar-refractivity contribution in [1.29, 1.82) is 5.26 Å². The molecule has 1 fully saturated rings. The van der Waals surface area contributed by atoms with Crippen molar-refractivity contribution >= 4 is 11.9 Å². The molecule has 0 unspecified atom stereocenters. The molecular weight excluding hydrogens is 260 g/mol. The summed E-state index contributed by atoms with van der Waals surface area (Å²) in [5.41, 5.74) is -0.0762. The molecule has 110 valence electrons. The summed E-state index contributed by atoms with van der Waals surface area (Å²) in [6.45, 7) is 1.47. The number of nitriles is 1. The monoisotopic (exact) mass is 280 g/mol. The summed E-state index contributed by atoms with van der Waals surface area (Å²) in [7, 11) is 3.89. The van der Waals surface area contributed by atoms with Crippen LogP contribution in [0.4, 0.5) is 0 Å². The maximum Gasteiger partial charge on any atom is 0.322 e. The van der Waals surface area contributed by atoms with E-state index in [1.165, 1.54) is 6.20 Å². The van der Waals surface area contributed by atoms with Gasteiger partial charge in [0.05, 0.1) is 0 Å². The third-order valence-electron chi connectivity index (χ3n) is 3.36. The molecule has 1 amide bonds. The number of piperidine rings is 1. The first-order valence-corrected chi connectivity index (χ1v) is 6.46. The maximum atomic E-state index is 11.6. The molecule has 0 aliphatic carbocycles. The predicted octanol–water partition coefficient (Wildman–Crippen LogP) is -0.379. The lowest BCUT2D eigenvalue weighted by Gasteiger charge is -2.34. The van der Waals surface area contributed by atoms with Crippen LogP contribution in [0.15, 0.2) is 11.8 Å². The van der Waals surface area contributed by atoms with E-state index in [0.717, 1.165) is 25.9 Å². The zero-order chi connectivity index (χ0) is 15.1. The second kappa shape index (κ2) is 7.50. The van der Waals surface area contributed by atoms with Gasteiger partial charge in [-0.2, -0.15) is 5.26 Å². The van der Waals surface area contributed by atoms with Crippen LogP contribution < -0.4 is 5.32 Å². The number of carboxylic acids is 1. The van der Waals surface area contributed by atoms with Gasteiger partial charge in [-0.3, -0.25) is 9.59 Å². The number of rotatable bonds is 5. The standard InChI is InChI=1S/C13H20N4O3/c1-16-5-3-11(4-6-16)17(2)9-10(7-14)13(20)15-8-12(18)19/h9,11H,3-6,8H2,1-2H3,(H,15,20)(H,18,19)/b10-9-. The fraction of sp³-hybridized carbons (Fsp3) is 0.615. The minimum atomic E-state index is -1.14. The van der Waals surface area contributed by atoms with Crippen LogP contribution in [0.2, 0.25) is 0 Å². The van der Waals surface area contributed by atoms with Gasteiger partial charge in [0.2, 0.25) is 0 Å². The first-order valence-electron chi connectivity index (χ1n) is 6.46. The molecular formula is C13H20N4O3. The van der Waals surface area contributed by atoms with E-state index in [4.69, 9.17) is 10.4 Å². The van der Waals surface area contributed by atoms with Crippen LogP contribution in [0.1, 0.15) is 12.8 Å². The van der Waals surface area contributed by atoms with Crippen molar-refractivity contribution in [1.82, 2.24) is 15.1 Å². The zero-order valence-electron chi connectivity index (χ0n) is 11.8. The van der Waals surface area contributed by atoms with Crippen LogP contribution in [-0.4, -0.2) is 66.6 Å². The van der Waals surface area contributed by atoms with Gasteiger partial charge < -0.3 is 20.2 Å². The van der Waals surface area contributed by atoms with Gasteiger partial charge in [0.15, 0.2) is 0 Å². The molecule has 0 aromatic rings. The van der Waals surface area contributed by atoms with E-state index in [1.807, 2.05) is 18.0 Å². The Labute approximate surface area is 118 Å². The predicted molar refractivity (Wildman–Crippen MR) is 72.6 cm³/mol. The van der Waals surface area contributed by atoms with Crippen LogP contribution in [-0.2, 0) is 9.59 Å². The molecule has 0 spiro atoms. The summed E-state index contributed by atoms with van der Waals surface area (Å²) in [6.07, 6.45) is 3.44. The number of carbonyl (C=O) groups excluding carboxylic acids is 1. The van der Waals surface area contributed by atoms with E-state index < -0.39 is 18.4 Å². The number of amides is 1. The number of aliphatic carboxylic acids is 1. The van der Waals surface area contributed by atoms with E-state index in [1.54, 1.807) is 0 Å². The highest BCUT2D eigenvalue weighted by molar-refractivity contribution is 5.98. The zero-order valence-corrected chi connectivity index (χ0v) is 11.8. The fourth-order valence-corrected chi connectivity index (χ4v) is 2.10. The molecule has 0 bridgehead atoms. The van der Waals surface area contributed by atoms with Gasteiger partial charge in [-0.15, -0.1) is 0 Å². The van der Waals surface area contributed by atoms with Gasteiger partial charge >= 0.3 is 5.97 Å². The lowest BCUT2D eigenvalue weighted by Crippen LogP contribution is -2.40. The molecule has 1 rings (SSSR count). The van der Waals surface area contributed by atoms with Crippen LogP contribution >= 0.6 is 0 Å². The Hall–Kier alpha value is -2.07. The highest BCUT2D eigenvalue weighted by Gasteiger charge is 2.20. The Morgan fingerprint density at radius 2 is 2.10 bits per heavy atom. The Morgan fingerprint density at radius 3 is 2.60 bits per heavy atom. The van der Waals surface area contributed by atoms with Gasteiger partial charge in [0.25, 0.3) is 5.91 Å². The van der Waals surface area contributed by atoms with Gasteiger partial charge in [0.1, 0.15) is 18.2 Å². The minimum Gasteiger partial charge on any atom is -0.480 e. The summed E-state index contributed by atoms with van der Waals surface area (Å²) in [6, 6.07) is 2.10. The molecule has 20 heavy (non-hydrogen) atoms. The molecule has 1 aliphatic rings. The maximum absolute atomic E-state index is 11.6. The largest absolute Gasteiger partial charge is 0.480 e. The average Bonchev–Trinajstić information content (AvgIpc) is 2.42. The first-order chi connectivity index (χ1) is 9.43. The number of carboxylic acid groups (broad SMARTS) is 1. The van der Waals surface area contributed by atoms with Crippen LogP contribution in [0, 0.1) is 11.3 Å². The summed E-state index contributed by atoms with van der Waals surface area (Å²) in [5.74, 6) is -1.80. The minimum absolute atomic E-state index is 0.0762. The summed E-state index contributed by atoms with van der Waals surface area (Å²) >= 11 is 0.